The Morgan fingerprint density at radius 1 is 1.05 bits per heavy atom. The number of aryl methyl sites for hydroxylation is 1. The number of carbonyl (C=O) groups excluding carboxylic acids is 2. The van der Waals surface area contributed by atoms with Gasteiger partial charge in [-0.2, -0.15) is 0 Å². The van der Waals surface area contributed by atoms with E-state index in [1.807, 2.05) is 6.92 Å². The number of anilines is 1. The zero-order valence-corrected chi connectivity index (χ0v) is 26.4. The van der Waals surface area contributed by atoms with Gasteiger partial charge in [0.1, 0.15) is 18.3 Å². The number of likely N-dealkylation sites (N-methyl/N-ethyl adjacent to an activating group) is 1. The minimum atomic E-state index is -4.23. The van der Waals surface area contributed by atoms with Gasteiger partial charge in [-0.25, -0.2) is 8.42 Å². The van der Waals surface area contributed by atoms with Crippen LogP contribution in [-0.4, -0.2) is 51.9 Å². The summed E-state index contributed by atoms with van der Waals surface area (Å²) >= 11 is 15.8. The van der Waals surface area contributed by atoms with Gasteiger partial charge in [0.05, 0.1) is 22.2 Å². The van der Waals surface area contributed by atoms with Crippen LogP contribution in [0.2, 0.25) is 10.0 Å². The van der Waals surface area contributed by atoms with Gasteiger partial charge in [-0.05, 0) is 77.3 Å². The molecule has 0 fully saturated rings. The first-order chi connectivity index (χ1) is 18.9. The third kappa shape index (κ3) is 7.28. The van der Waals surface area contributed by atoms with Gasteiger partial charge in [-0.1, -0.05) is 53.9 Å². The molecular weight excluding hydrogens is 641 g/mol. The van der Waals surface area contributed by atoms with Crippen molar-refractivity contribution in [3.05, 3.63) is 86.3 Å². The molecule has 3 rings (SSSR count). The van der Waals surface area contributed by atoms with Crippen LogP contribution in [0.5, 0.6) is 5.75 Å². The topological polar surface area (TPSA) is 96.0 Å². The molecule has 2 amide bonds. The average molecular weight is 671 g/mol. The van der Waals surface area contributed by atoms with E-state index in [4.69, 9.17) is 27.9 Å². The molecule has 0 saturated carbocycles. The second-order valence-electron chi connectivity index (χ2n) is 8.94. The van der Waals surface area contributed by atoms with E-state index >= 15 is 0 Å². The van der Waals surface area contributed by atoms with E-state index < -0.39 is 28.5 Å². The Morgan fingerprint density at radius 3 is 2.27 bits per heavy atom. The van der Waals surface area contributed by atoms with E-state index in [1.54, 1.807) is 49.4 Å². The van der Waals surface area contributed by atoms with Gasteiger partial charge in [-0.15, -0.1) is 0 Å². The zero-order valence-electron chi connectivity index (χ0n) is 22.4. The molecule has 0 spiro atoms. The van der Waals surface area contributed by atoms with Crippen molar-refractivity contribution in [1.82, 2.24) is 10.2 Å². The molecule has 12 heteroatoms. The number of halogens is 3. The fourth-order valence-corrected chi connectivity index (χ4v) is 6.70. The number of methoxy groups -OCH3 is 1. The van der Waals surface area contributed by atoms with Crippen molar-refractivity contribution in [1.29, 1.82) is 0 Å². The minimum absolute atomic E-state index is 0.0311. The molecule has 0 aromatic heterocycles. The summed E-state index contributed by atoms with van der Waals surface area (Å²) in [6.45, 7) is 3.05. The number of sulfonamides is 1. The van der Waals surface area contributed by atoms with Crippen LogP contribution in [0.3, 0.4) is 0 Å². The first-order valence-electron chi connectivity index (χ1n) is 12.3. The van der Waals surface area contributed by atoms with Gasteiger partial charge in [-0.3, -0.25) is 13.9 Å². The summed E-state index contributed by atoms with van der Waals surface area (Å²) in [6, 6.07) is 15.1. The number of hydrogen-bond donors (Lipinski definition) is 1. The number of amides is 2. The first kappa shape index (κ1) is 31.7. The van der Waals surface area contributed by atoms with E-state index in [1.165, 1.54) is 37.3 Å². The van der Waals surface area contributed by atoms with Crippen molar-refractivity contribution in [2.75, 3.05) is 25.0 Å². The molecule has 0 heterocycles. The lowest BCUT2D eigenvalue weighted by molar-refractivity contribution is -0.140. The third-order valence-electron chi connectivity index (χ3n) is 6.30. The molecule has 0 aliphatic rings. The van der Waals surface area contributed by atoms with Gasteiger partial charge in [0.15, 0.2) is 0 Å². The second kappa shape index (κ2) is 13.7. The molecule has 0 aliphatic carbocycles. The first-order valence-corrected chi connectivity index (χ1v) is 15.3. The lowest BCUT2D eigenvalue weighted by Gasteiger charge is -2.33. The van der Waals surface area contributed by atoms with Crippen molar-refractivity contribution in [3.8, 4) is 5.75 Å². The average Bonchev–Trinajstić information content (AvgIpc) is 2.92. The number of hydrogen-bond acceptors (Lipinski definition) is 5. The van der Waals surface area contributed by atoms with Gasteiger partial charge in [0, 0.05) is 23.6 Å². The second-order valence-corrected chi connectivity index (χ2v) is 12.5. The molecule has 3 aromatic carbocycles. The highest BCUT2D eigenvalue weighted by molar-refractivity contribution is 9.10. The van der Waals surface area contributed by atoms with E-state index in [2.05, 4.69) is 21.2 Å². The third-order valence-corrected chi connectivity index (χ3v) is 9.28. The normalized spacial score (nSPS) is 12.0. The number of nitrogens with one attached hydrogen (secondary N) is 1. The molecule has 0 radical (unpaired) electrons. The molecule has 0 unspecified atom stereocenters. The van der Waals surface area contributed by atoms with E-state index in [-0.39, 0.29) is 17.3 Å². The van der Waals surface area contributed by atoms with E-state index in [9.17, 15) is 18.0 Å². The van der Waals surface area contributed by atoms with Crippen molar-refractivity contribution < 1.29 is 22.7 Å². The van der Waals surface area contributed by atoms with Gasteiger partial charge in [0.25, 0.3) is 10.0 Å². The van der Waals surface area contributed by atoms with Crippen LogP contribution in [0.25, 0.3) is 0 Å². The monoisotopic (exact) mass is 669 g/mol. The predicted molar refractivity (Wildman–Crippen MR) is 162 cm³/mol. The summed E-state index contributed by atoms with van der Waals surface area (Å²) in [6.07, 6.45) is 0.291. The Hall–Kier alpha value is -2.79. The van der Waals surface area contributed by atoms with Gasteiger partial charge in [0.2, 0.25) is 11.8 Å². The molecule has 8 nitrogen and oxygen atoms in total. The highest BCUT2D eigenvalue weighted by Gasteiger charge is 2.34. The zero-order chi connectivity index (χ0) is 29.6. The maximum absolute atomic E-state index is 14.0. The lowest BCUT2D eigenvalue weighted by atomic mass is 10.1. The Balaban J connectivity index is 2.09. The molecule has 0 aliphatic heterocycles. The van der Waals surface area contributed by atoms with Crippen LogP contribution < -0.4 is 14.4 Å². The Kier molecular flexibility index (Phi) is 10.9. The molecule has 0 saturated heterocycles. The van der Waals surface area contributed by atoms with Crippen LogP contribution in [0, 0.1) is 6.92 Å². The number of nitrogens with zero attached hydrogens (tertiary/aromatic N) is 2. The number of carbonyl (C=O) groups is 2. The van der Waals surface area contributed by atoms with Gasteiger partial charge >= 0.3 is 0 Å². The van der Waals surface area contributed by atoms with E-state index in [0.717, 1.165) is 9.87 Å². The molecule has 1 N–H and O–H groups in total. The highest BCUT2D eigenvalue weighted by atomic mass is 79.9. The summed E-state index contributed by atoms with van der Waals surface area (Å²) in [5, 5.41) is 3.34. The maximum Gasteiger partial charge on any atom is 0.264 e. The van der Waals surface area contributed by atoms with Crippen molar-refractivity contribution in [2.45, 2.75) is 37.8 Å². The Bertz CT molecular complexity index is 1490. The summed E-state index contributed by atoms with van der Waals surface area (Å²) in [4.78, 5) is 28.1. The molecule has 3 aromatic rings. The summed E-state index contributed by atoms with van der Waals surface area (Å²) in [7, 11) is -1.28. The van der Waals surface area contributed by atoms with Crippen molar-refractivity contribution in [2.24, 2.45) is 0 Å². The van der Waals surface area contributed by atoms with Crippen LogP contribution in [-0.2, 0) is 26.2 Å². The van der Waals surface area contributed by atoms with Crippen LogP contribution in [0.1, 0.15) is 24.5 Å². The van der Waals surface area contributed by atoms with Crippen LogP contribution in [0.15, 0.2) is 70.0 Å². The van der Waals surface area contributed by atoms with Gasteiger partial charge < -0.3 is 15.0 Å². The molecule has 40 heavy (non-hydrogen) atoms. The maximum atomic E-state index is 14.0. The van der Waals surface area contributed by atoms with Crippen LogP contribution >= 0.6 is 39.1 Å². The van der Waals surface area contributed by atoms with Crippen LogP contribution in [0.4, 0.5) is 5.69 Å². The fraction of sp³-hybridized carbons (Fsp3) is 0.286. The summed E-state index contributed by atoms with van der Waals surface area (Å²) in [5.41, 5.74) is 1.78. The predicted octanol–water partition coefficient (Wildman–Crippen LogP) is 5.82. The standard InChI is InChI=1S/C28H30BrCl2N3O5S/c1-5-25(28(36)32-3)33(16-19-8-9-20(30)14-24(19)31)27(35)17-34(21-10-6-18(2)7-11-21)40(37,38)22-12-13-26(39-4)23(29)15-22/h6-15,25H,5,16-17H2,1-4H3,(H,32,36)/t25-/m1/s1. The Labute approximate surface area is 253 Å². The Morgan fingerprint density at radius 2 is 1.73 bits per heavy atom. The smallest absolute Gasteiger partial charge is 0.264 e. The highest BCUT2D eigenvalue weighted by Crippen LogP contribution is 2.31. The lowest BCUT2D eigenvalue weighted by Crippen LogP contribution is -2.51. The molecule has 214 valence electrons. The largest absolute Gasteiger partial charge is 0.496 e. The van der Waals surface area contributed by atoms with Crippen molar-refractivity contribution in [3.63, 3.8) is 0 Å². The molecule has 0 bridgehead atoms. The van der Waals surface area contributed by atoms with E-state index in [0.29, 0.717) is 37.9 Å². The number of benzene rings is 3. The molecule has 1 atom stereocenters. The SMILES string of the molecule is CC[C@H](C(=O)NC)N(Cc1ccc(Cl)cc1Cl)C(=O)CN(c1ccc(C)cc1)S(=O)(=O)c1ccc(OC)c(Br)c1. The molecular formula is C28H30BrCl2N3O5S. The fourth-order valence-electron chi connectivity index (χ4n) is 4.09. The van der Waals surface area contributed by atoms with Crippen molar-refractivity contribution >= 4 is 66.7 Å². The summed E-state index contributed by atoms with van der Waals surface area (Å²) in [5.74, 6) is -0.512. The quantitative estimate of drug-likeness (QED) is 0.277. The minimum Gasteiger partial charge on any atom is -0.496 e. The number of rotatable bonds is 11. The summed E-state index contributed by atoms with van der Waals surface area (Å²) < 4.78 is 34.7. The number of ether oxygens (including phenoxy) is 1.